The summed E-state index contributed by atoms with van der Waals surface area (Å²) in [7, 11) is -2.73. The van der Waals surface area contributed by atoms with Gasteiger partial charge in [0.05, 0.1) is 25.4 Å². The molecule has 1 aliphatic heterocycles. The largest absolute Gasteiger partial charge is 0.495 e. The van der Waals surface area contributed by atoms with E-state index in [0.717, 1.165) is 5.56 Å². The van der Waals surface area contributed by atoms with Gasteiger partial charge in [-0.3, -0.25) is 14.0 Å². The minimum absolute atomic E-state index is 0.0140. The summed E-state index contributed by atoms with van der Waals surface area (Å²) in [6, 6.07) is 32.6. The zero-order valence-corrected chi connectivity index (χ0v) is 26.2. The molecule has 4 aromatic rings. The molecular weight excluding hydrogens is 574 g/mol. The molecule has 1 amide bonds. The minimum atomic E-state index is -4.16. The number of rotatable bonds is 11. The zero-order valence-electron chi connectivity index (χ0n) is 25.4. The molecule has 0 aliphatic carbocycles. The van der Waals surface area contributed by atoms with Gasteiger partial charge in [-0.15, -0.1) is 0 Å². The van der Waals surface area contributed by atoms with Crippen LogP contribution in [-0.4, -0.2) is 70.6 Å². The first-order chi connectivity index (χ1) is 21.3. The Morgan fingerprint density at radius 3 is 1.98 bits per heavy atom. The lowest BCUT2D eigenvalue weighted by Gasteiger charge is -2.40. The number of ether oxygens (including phenoxy) is 2. The van der Waals surface area contributed by atoms with Gasteiger partial charge in [0.1, 0.15) is 22.9 Å². The van der Waals surface area contributed by atoms with Gasteiger partial charge in [-0.25, -0.2) is 8.42 Å². The number of aryl methyl sites for hydroxylation is 1. The Hall–Kier alpha value is -4.34. The first-order valence-electron chi connectivity index (χ1n) is 14.8. The maximum atomic E-state index is 14.2. The van der Waals surface area contributed by atoms with Crippen LogP contribution in [0.5, 0.6) is 11.5 Å². The molecule has 0 radical (unpaired) electrons. The van der Waals surface area contributed by atoms with Crippen molar-refractivity contribution in [3.05, 3.63) is 120 Å². The van der Waals surface area contributed by atoms with Crippen molar-refractivity contribution in [2.45, 2.75) is 24.8 Å². The molecule has 8 nitrogen and oxygen atoms in total. The minimum Gasteiger partial charge on any atom is -0.495 e. The molecule has 0 saturated carbocycles. The van der Waals surface area contributed by atoms with E-state index in [4.69, 9.17) is 9.47 Å². The topological polar surface area (TPSA) is 79.4 Å². The van der Waals surface area contributed by atoms with Gasteiger partial charge in [0, 0.05) is 26.2 Å². The van der Waals surface area contributed by atoms with Crippen molar-refractivity contribution in [1.82, 2.24) is 9.80 Å². The van der Waals surface area contributed by atoms with Gasteiger partial charge in [0.15, 0.2) is 0 Å². The van der Waals surface area contributed by atoms with Crippen LogP contribution in [-0.2, 0) is 14.8 Å². The van der Waals surface area contributed by atoms with Crippen molar-refractivity contribution in [2.75, 3.05) is 50.7 Å². The number of nitrogens with zero attached hydrogens (tertiary/aromatic N) is 3. The van der Waals surface area contributed by atoms with Crippen LogP contribution in [0.15, 0.2) is 108 Å². The lowest BCUT2D eigenvalue weighted by molar-refractivity contribution is -0.131. The van der Waals surface area contributed by atoms with Crippen LogP contribution in [0.1, 0.15) is 29.7 Å². The summed E-state index contributed by atoms with van der Waals surface area (Å²) < 4.78 is 40.5. The highest BCUT2D eigenvalue weighted by molar-refractivity contribution is 7.93. The van der Waals surface area contributed by atoms with Crippen molar-refractivity contribution < 1.29 is 22.7 Å². The molecule has 44 heavy (non-hydrogen) atoms. The van der Waals surface area contributed by atoms with Crippen molar-refractivity contribution >= 4 is 21.6 Å². The van der Waals surface area contributed by atoms with Crippen molar-refractivity contribution in [3.63, 3.8) is 0 Å². The average Bonchev–Trinajstić information content (AvgIpc) is 3.05. The van der Waals surface area contributed by atoms with Crippen molar-refractivity contribution in [3.8, 4) is 11.5 Å². The van der Waals surface area contributed by atoms with Crippen LogP contribution >= 0.6 is 0 Å². The Morgan fingerprint density at radius 2 is 1.43 bits per heavy atom. The van der Waals surface area contributed by atoms with Crippen LogP contribution in [0.4, 0.5) is 5.69 Å². The van der Waals surface area contributed by atoms with Gasteiger partial charge >= 0.3 is 0 Å². The maximum Gasteiger partial charge on any atom is 0.268 e. The summed E-state index contributed by atoms with van der Waals surface area (Å²) in [5, 5.41) is 0. The smallest absolute Gasteiger partial charge is 0.268 e. The lowest BCUT2D eigenvalue weighted by Crippen LogP contribution is -2.52. The van der Waals surface area contributed by atoms with E-state index in [-0.39, 0.29) is 29.1 Å². The standard InChI is InChI=1S/C35H39N3O5S/c1-4-43-31-18-16-30(17-19-31)38(44(40,41)33-25-27(2)15-20-32(33)42-3)26-34(39)36-21-23-37(24-22-36)35(28-11-7-5-8-12-28)29-13-9-6-10-14-29/h5-20,25,35H,4,21-24,26H2,1-3H3. The van der Waals surface area contributed by atoms with Gasteiger partial charge in [-0.05, 0) is 66.9 Å². The number of amides is 1. The number of hydrogen-bond acceptors (Lipinski definition) is 6. The summed E-state index contributed by atoms with van der Waals surface area (Å²) >= 11 is 0. The fraction of sp³-hybridized carbons (Fsp3) is 0.286. The molecular formula is C35H39N3O5S. The highest BCUT2D eigenvalue weighted by Gasteiger charge is 2.33. The second kappa shape index (κ2) is 14.0. The second-order valence-electron chi connectivity index (χ2n) is 10.7. The van der Waals surface area contributed by atoms with E-state index in [1.807, 2.05) is 50.2 Å². The number of benzene rings is 4. The Labute approximate surface area is 260 Å². The Morgan fingerprint density at radius 1 is 0.841 bits per heavy atom. The number of anilines is 1. The molecule has 1 saturated heterocycles. The fourth-order valence-electron chi connectivity index (χ4n) is 5.63. The summed E-state index contributed by atoms with van der Waals surface area (Å²) in [5.41, 5.74) is 3.53. The lowest BCUT2D eigenvalue weighted by atomic mass is 9.96. The van der Waals surface area contributed by atoms with Gasteiger partial charge in [-0.2, -0.15) is 0 Å². The molecule has 0 N–H and O–H groups in total. The monoisotopic (exact) mass is 613 g/mol. The molecule has 1 fully saturated rings. The molecule has 0 spiro atoms. The third-order valence-electron chi connectivity index (χ3n) is 7.86. The van der Waals surface area contributed by atoms with Gasteiger partial charge in [0.25, 0.3) is 10.0 Å². The third-order valence-corrected chi connectivity index (χ3v) is 9.66. The Kier molecular flexibility index (Phi) is 9.87. The third kappa shape index (κ3) is 6.90. The second-order valence-corrected chi connectivity index (χ2v) is 12.6. The molecule has 1 heterocycles. The van der Waals surface area contributed by atoms with E-state index in [1.165, 1.54) is 22.5 Å². The summed E-state index contributed by atoms with van der Waals surface area (Å²) in [4.78, 5) is 18.0. The Balaban J connectivity index is 1.39. The van der Waals surface area contributed by atoms with E-state index in [1.54, 1.807) is 47.4 Å². The summed E-state index contributed by atoms with van der Waals surface area (Å²) in [6.45, 7) is 6.14. The first-order valence-corrected chi connectivity index (χ1v) is 16.3. The zero-order chi connectivity index (χ0) is 31.1. The van der Waals surface area contributed by atoms with Crippen LogP contribution in [0.2, 0.25) is 0 Å². The maximum absolute atomic E-state index is 14.2. The van der Waals surface area contributed by atoms with Gasteiger partial charge in [-0.1, -0.05) is 66.7 Å². The quantitative estimate of drug-likeness (QED) is 0.221. The molecule has 1 aliphatic rings. The van der Waals surface area contributed by atoms with Crippen molar-refractivity contribution in [1.29, 1.82) is 0 Å². The Bertz CT molecular complexity index is 1600. The first kappa shape index (κ1) is 31.1. The molecule has 230 valence electrons. The van der Waals surface area contributed by atoms with E-state index >= 15 is 0 Å². The average molecular weight is 614 g/mol. The predicted molar refractivity (Wildman–Crippen MR) is 173 cm³/mol. The fourth-order valence-corrected chi connectivity index (χ4v) is 7.29. The normalized spacial score (nSPS) is 14.0. The van der Waals surface area contributed by atoms with E-state index in [0.29, 0.717) is 44.2 Å². The number of piperazine rings is 1. The van der Waals surface area contributed by atoms with Gasteiger partial charge < -0.3 is 14.4 Å². The van der Waals surface area contributed by atoms with Gasteiger partial charge in [0.2, 0.25) is 5.91 Å². The van der Waals surface area contributed by atoms with E-state index < -0.39 is 10.0 Å². The highest BCUT2D eigenvalue weighted by Crippen LogP contribution is 2.33. The molecule has 4 aromatic carbocycles. The number of carbonyl (C=O) groups is 1. The van der Waals surface area contributed by atoms with Crippen molar-refractivity contribution in [2.24, 2.45) is 0 Å². The highest BCUT2D eigenvalue weighted by atomic mass is 32.2. The number of methoxy groups -OCH3 is 1. The number of sulfonamides is 1. The SMILES string of the molecule is CCOc1ccc(N(CC(=O)N2CCN(C(c3ccccc3)c3ccccc3)CC2)S(=O)(=O)c2cc(C)ccc2OC)cc1. The number of carbonyl (C=O) groups excluding carboxylic acids is 1. The summed E-state index contributed by atoms with van der Waals surface area (Å²) in [5.74, 6) is 0.584. The molecule has 0 unspecified atom stereocenters. The van der Waals surface area contributed by atoms with Crippen LogP contribution < -0.4 is 13.8 Å². The number of hydrogen-bond donors (Lipinski definition) is 0. The summed E-state index contributed by atoms with van der Waals surface area (Å²) in [6.07, 6.45) is 0. The van der Waals surface area contributed by atoms with E-state index in [9.17, 15) is 13.2 Å². The van der Waals surface area contributed by atoms with Crippen LogP contribution in [0.25, 0.3) is 0 Å². The van der Waals surface area contributed by atoms with Crippen LogP contribution in [0.3, 0.4) is 0 Å². The van der Waals surface area contributed by atoms with E-state index in [2.05, 4.69) is 29.2 Å². The molecule has 5 rings (SSSR count). The molecule has 9 heteroatoms. The predicted octanol–water partition coefficient (Wildman–Crippen LogP) is 5.53. The molecule has 0 atom stereocenters. The molecule has 0 aromatic heterocycles. The van der Waals surface area contributed by atoms with Crippen LogP contribution in [0, 0.1) is 6.92 Å². The molecule has 0 bridgehead atoms.